The van der Waals surface area contributed by atoms with E-state index in [1.807, 2.05) is 39.0 Å². The molecule has 0 saturated carbocycles. The van der Waals surface area contributed by atoms with Gasteiger partial charge in [0.2, 0.25) is 0 Å². The molecule has 0 aliphatic carbocycles. The van der Waals surface area contributed by atoms with Gasteiger partial charge in [0.05, 0.1) is 52.3 Å². The molecule has 164 valence electrons. The summed E-state index contributed by atoms with van der Waals surface area (Å²) in [5.74, 6) is 0.362. The highest BCUT2D eigenvalue weighted by atomic mass is 35.5. The Kier molecular flexibility index (Phi) is 5.77. The van der Waals surface area contributed by atoms with Crippen LogP contribution < -0.4 is 10.6 Å². The average molecular weight is 452 g/mol. The van der Waals surface area contributed by atoms with Crippen molar-refractivity contribution >= 4 is 39.9 Å². The first-order chi connectivity index (χ1) is 15.3. The quantitative estimate of drug-likeness (QED) is 0.455. The summed E-state index contributed by atoms with van der Waals surface area (Å²) in [7, 11) is 1.63. The molecule has 3 heterocycles. The number of benzene rings is 1. The molecule has 0 unspecified atom stereocenters. The van der Waals surface area contributed by atoms with Crippen LogP contribution in [0.15, 0.2) is 49.1 Å². The van der Waals surface area contributed by atoms with Crippen molar-refractivity contribution in [3.05, 3.63) is 65.2 Å². The molecular formula is C22H22ClN7O2. The summed E-state index contributed by atoms with van der Waals surface area (Å²) in [6.45, 7) is 5.90. The van der Waals surface area contributed by atoms with Crippen LogP contribution in [0, 0.1) is 6.92 Å². The summed E-state index contributed by atoms with van der Waals surface area (Å²) < 4.78 is 5.74. The standard InChI is InChI=1S/C22H22ClN7O2/c1-13-5-6-17-15(9-13)19(22(2,3)32-4)18(12-24-17)29-21(31)28-14-10-16(23)20(25-11-14)30-26-7-8-27-30/h5-12H,1-4H3,(H2,28,29,31). The Labute approximate surface area is 189 Å². The van der Waals surface area contributed by atoms with Gasteiger partial charge in [-0.3, -0.25) is 4.98 Å². The third-order valence-electron chi connectivity index (χ3n) is 5.07. The first-order valence-corrected chi connectivity index (χ1v) is 10.2. The number of carbonyl (C=O) groups excluding carboxylic acids is 1. The molecule has 0 aliphatic rings. The van der Waals surface area contributed by atoms with E-state index in [1.54, 1.807) is 19.4 Å². The van der Waals surface area contributed by atoms with Gasteiger partial charge >= 0.3 is 6.03 Å². The monoisotopic (exact) mass is 451 g/mol. The molecule has 9 nitrogen and oxygen atoms in total. The largest absolute Gasteiger partial charge is 0.374 e. The van der Waals surface area contributed by atoms with Crippen LogP contribution >= 0.6 is 11.6 Å². The molecule has 4 aromatic rings. The smallest absolute Gasteiger partial charge is 0.323 e. The highest BCUT2D eigenvalue weighted by Gasteiger charge is 2.27. The SMILES string of the molecule is COC(C)(C)c1c(NC(=O)Nc2cnc(-n3nccn3)c(Cl)c2)cnc2ccc(C)cc12. The van der Waals surface area contributed by atoms with Gasteiger partial charge in [-0.25, -0.2) is 9.78 Å². The maximum Gasteiger partial charge on any atom is 0.323 e. The fourth-order valence-corrected chi connectivity index (χ4v) is 3.65. The number of methoxy groups -OCH3 is 1. The van der Waals surface area contributed by atoms with Gasteiger partial charge in [-0.05, 0) is 39.0 Å². The minimum Gasteiger partial charge on any atom is -0.374 e. The molecule has 0 bridgehead atoms. The molecule has 32 heavy (non-hydrogen) atoms. The summed E-state index contributed by atoms with van der Waals surface area (Å²) in [6, 6.07) is 7.10. The number of rotatable bonds is 5. The Hall–Kier alpha value is -3.56. The van der Waals surface area contributed by atoms with Gasteiger partial charge < -0.3 is 15.4 Å². The van der Waals surface area contributed by atoms with Crippen LogP contribution in [0.4, 0.5) is 16.2 Å². The number of ether oxygens (including phenoxy) is 1. The Balaban J connectivity index is 1.63. The van der Waals surface area contributed by atoms with Crippen molar-refractivity contribution in [3.8, 4) is 5.82 Å². The van der Waals surface area contributed by atoms with Gasteiger partial charge in [0.1, 0.15) is 0 Å². The van der Waals surface area contributed by atoms with E-state index in [0.717, 1.165) is 22.0 Å². The number of nitrogens with one attached hydrogen (secondary N) is 2. The topological polar surface area (TPSA) is 107 Å². The number of anilines is 2. The van der Waals surface area contributed by atoms with E-state index in [4.69, 9.17) is 16.3 Å². The zero-order valence-electron chi connectivity index (χ0n) is 18.0. The van der Waals surface area contributed by atoms with Crippen molar-refractivity contribution in [2.24, 2.45) is 0 Å². The van der Waals surface area contributed by atoms with Gasteiger partial charge in [0.25, 0.3) is 0 Å². The first kappa shape index (κ1) is 21.7. The lowest BCUT2D eigenvalue weighted by Gasteiger charge is -2.28. The van der Waals surface area contributed by atoms with Crippen LogP contribution in [-0.4, -0.2) is 38.1 Å². The maximum absolute atomic E-state index is 12.8. The molecule has 1 aromatic carbocycles. The third kappa shape index (κ3) is 4.25. The lowest BCUT2D eigenvalue weighted by atomic mass is 9.92. The molecule has 0 fully saturated rings. The highest BCUT2D eigenvalue weighted by molar-refractivity contribution is 6.32. The van der Waals surface area contributed by atoms with E-state index in [1.165, 1.54) is 23.4 Å². The van der Waals surface area contributed by atoms with Crippen LogP contribution in [0.5, 0.6) is 0 Å². The van der Waals surface area contributed by atoms with E-state index in [9.17, 15) is 4.79 Å². The highest BCUT2D eigenvalue weighted by Crippen LogP contribution is 2.36. The minimum atomic E-state index is -0.666. The van der Waals surface area contributed by atoms with Crippen molar-refractivity contribution in [3.63, 3.8) is 0 Å². The van der Waals surface area contributed by atoms with Gasteiger partial charge in [0, 0.05) is 18.1 Å². The van der Waals surface area contributed by atoms with Crippen molar-refractivity contribution in [1.82, 2.24) is 25.0 Å². The molecule has 4 rings (SSSR count). The molecule has 2 amide bonds. The van der Waals surface area contributed by atoms with Crippen LogP contribution in [0.1, 0.15) is 25.0 Å². The van der Waals surface area contributed by atoms with Crippen molar-refractivity contribution in [2.45, 2.75) is 26.4 Å². The summed E-state index contributed by atoms with van der Waals surface area (Å²) >= 11 is 6.29. The number of pyridine rings is 2. The van der Waals surface area contributed by atoms with Crippen LogP contribution in [0.25, 0.3) is 16.7 Å². The second-order valence-corrected chi connectivity index (χ2v) is 8.12. The van der Waals surface area contributed by atoms with Crippen LogP contribution in [-0.2, 0) is 10.3 Å². The number of hydrogen-bond donors (Lipinski definition) is 2. The lowest BCUT2D eigenvalue weighted by molar-refractivity contribution is 0.0210. The summed E-state index contributed by atoms with van der Waals surface area (Å²) in [5, 5.41) is 14.8. The second-order valence-electron chi connectivity index (χ2n) is 7.71. The maximum atomic E-state index is 12.8. The number of urea groups is 1. The van der Waals surface area contributed by atoms with Crippen molar-refractivity contribution in [2.75, 3.05) is 17.7 Å². The van der Waals surface area contributed by atoms with Crippen molar-refractivity contribution < 1.29 is 9.53 Å². The zero-order valence-corrected chi connectivity index (χ0v) is 18.8. The number of hydrogen-bond acceptors (Lipinski definition) is 6. The fourth-order valence-electron chi connectivity index (χ4n) is 3.41. The molecule has 0 atom stereocenters. The number of halogens is 1. The number of fused-ring (bicyclic) bond motifs is 1. The Morgan fingerprint density at radius 3 is 2.53 bits per heavy atom. The molecule has 0 aliphatic heterocycles. The Morgan fingerprint density at radius 1 is 1.09 bits per heavy atom. The van der Waals surface area contributed by atoms with E-state index in [2.05, 4.69) is 30.8 Å². The van der Waals surface area contributed by atoms with Gasteiger partial charge in [-0.1, -0.05) is 23.2 Å². The third-order valence-corrected chi connectivity index (χ3v) is 5.35. The van der Waals surface area contributed by atoms with Gasteiger partial charge in [-0.15, -0.1) is 4.80 Å². The minimum absolute atomic E-state index is 0.294. The second kappa shape index (κ2) is 8.52. The fraction of sp³-hybridized carbons (Fsp3) is 0.227. The molecule has 2 N–H and O–H groups in total. The number of carbonyl (C=O) groups is 1. The molecule has 0 saturated heterocycles. The lowest BCUT2D eigenvalue weighted by Crippen LogP contribution is -2.26. The number of amides is 2. The van der Waals surface area contributed by atoms with Crippen LogP contribution in [0.3, 0.4) is 0 Å². The molecular weight excluding hydrogens is 430 g/mol. The summed E-state index contributed by atoms with van der Waals surface area (Å²) in [4.78, 5) is 22.8. The summed E-state index contributed by atoms with van der Waals surface area (Å²) in [6.07, 6.45) is 6.16. The van der Waals surface area contributed by atoms with E-state index in [-0.39, 0.29) is 0 Å². The summed E-state index contributed by atoms with van der Waals surface area (Å²) in [5.41, 5.74) is 3.03. The number of aryl methyl sites for hydroxylation is 1. The predicted octanol–water partition coefficient (Wildman–Crippen LogP) is 4.70. The first-order valence-electron chi connectivity index (χ1n) is 9.84. The molecule has 10 heteroatoms. The molecule has 0 spiro atoms. The normalized spacial score (nSPS) is 11.5. The van der Waals surface area contributed by atoms with Crippen molar-refractivity contribution in [1.29, 1.82) is 0 Å². The Bertz CT molecular complexity index is 1290. The van der Waals surface area contributed by atoms with E-state index in [0.29, 0.717) is 22.2 Å². The number of aromatic nitrogens is 5. The predicted molar refractivity (Wildman–Crippen MR) is 123 cm³/mol. The molecule has 0 radical (unpaired) electrons. The zero-order chi connectivity index (χ0) is 22.9. The number of nitrogens with zero attached hydrogens (tertiary/aromatic N) is 5. The Morgan fingerprint density at radius 2 is 1.84 bits per heavy atom. The van der Waals surface area contributed by atoms with E-state index < -0.39 is 11.6 Å². The van der Waals surface area contributed by atoms with Crippen LogP contribution in [0.2, 0.25) is 5.02 Å². The van der Waals surface area contributed by atoms with Gasteiger partial charge in [0.15, 0.2) is 5.82 Å². The molecule has 3 aromatic heterocycles. The van der Waals surface area contributed by atoms with Gasteiger partial charge in [-0.2, -0.15) is 10.2 Å². The van der Waals surface area contributed by atoms with E-state index >= 15 is 0 Å². The average Bonchev–Trinajstić information content (AvgIpc) is 3.27.